The first-order chi connectivity index (χ1) is 12.2. The van der Waals surface area contributed by atoms with Crippen LogP contribution in [0.3, 0.4) is 0 Å². The minimum absolute atomic E-state index is 0.0645. The van der Waals surface area contributed by atoms with Crippen molar-refractivity contribution in [2.75, 3.05) is 17.8 Å². The number of amides is 1. The Morgan fingerprint density at radius 3 is 2.72 bits per heavy atom. The molecule has 3 aromatic rings. The third-order valence-electron chi connectivity index (χ3n) is 3.72. The highest BCUT2D eigenvalue weighted by molar-refractivity contribution is 8.00. The van der Waals surface area contributed by atoms with Crippen molar-refractivity contribution in [1.29, 1.82) is 0 Å². The number of nitrogens with zero attached hydrogens (tertiary/aromatic N) is 6. The van der Waals surface area contributed by atoms with Crippen LogP contribution in [-0.4, -0.2) is 43.7 Å². The first-order valence-corrected chi connectivity index (χ1v) is 8.52. The molecule has 128 valence electrons. The number of hydrogen-bond acceptors (Lipinski definition) is 8. The summed E-state index contributed by atoms with van der Waals surface area (Å²) in [7, 11) is 1.62. The summed E-state index contributed by atoms with van der Waals surface area (Å²) in [6, 6.07) is 7.77. The normalized spacial score (nSPS) is 17.2. The van der Waals surface area contributed by atoms with E-state index in [9.17, 15) is 4.79 Å². The first kappa shape index (κ1) is 15.6. The van der Waals surface area contributed by atoms with Gasteiger partial charge in [-0.15, -0.1) is 27.1 Å². The number of benzene rings is 1. The highest BCUT2D eigenvalue weighted by atomic mass is 32.2. The average molecular weight is 358 g/mol. The predicted octanol–water partition coefficient (Wildman–Crippen LogP) is 1.50. The summed E-state index contributed by atoms with van der Waals surface area (Å²) >= 11 is 1.52. The van der Waals surface area contributed by atoms with E-state index in [2.05, 4.69) is 20.4 Å². The van der Waals surface area contributed by atoms with Crippen LogP contribution in [0.15, 0.2) is 41.3 Å². The Balaban J connectivity index is 1.58. The molecular formula is C15H14N6O3S. The van der Waals surface area contributed by atoms with E-state index in [1.165, 1.54) is 16.7 Å². The van der Waals surface area contributed by atoms with Crippen LogP contribution < -0.4 is 9.64 Å². The number of methoxy groups -OCH3 is 1. The summed E-state index contributed by atoms with van der Waals surface area (Å²) in [5.74, 6) is 1.44. The number of aromatic nitrogens is 5. The second-order valence-corrected chi connectivity index (χ2v) is 6.38. The fourth-order valence-corrected chi connectivity index (χ4v) is 3.66. The van der Waals surface area contributed by atoms with Crippen molar-refractivity contribution in [1.82, 2.24) is 25.0 Å². The molecule has 2 aromatic heterocycles. The van der Waals surface area contributed by atoms with Gasteiger partial charge in [-0.1, -0.05) is 17.2 Å². The summed E-state index contributed by atoms with van der Waals surface area (Å²) in [6.45, 7) is 0.350. The van der Waals surface area contributed by atoms with Gasteiger partial charge in [-0.3, -0.25) is 4.79 Å². The van der Waals surface area contributed by atoms with Crippen LogP contribution in [0.2, 0.25) is 0 Å². The molecule has 1 aliphatic rings. The molecule has 25 heavy (non-hydrogen) atoms. The molecule has 4 rings (SSSR count). The van der Waals surface area contributed by atoms with E-state index in [-0.39, 0.29) is 17.3 Å². The van der Waals surface area contributed by atoms with Crippen LogP contribution in [0, 0.1) is 0 Å². The zero-order valence-electron chi connectivity index (χ0n) is 13.3. The second kappa shape index (κ2) is 6.55. The quantitative estimate of drug-likeness (QED) is 0.676. The lowest BCUT2D eigenvalue weighted by Gasteiger charge is -2.20. The Morgan fingerprint density at radius 1 is 1.24 bits per heavy atom. The van der Waals surface area contributed by atoms with Gasteiger partial charge >= 0.3 is 6.01 Å². The van der Waals surface area contributed by atoms with Crippen LogP contribution in [0.5, 0.6) is 5.75 Å². The molecular weight excluding hydrogens is 344 g/mol. The van der Waals surface area contributed by atoms with Gasteiger partial charge in [-0.2, -0.15) is 0 Å². The molecule has 0 saturated carbocycles. The number of rotatable bonds is 5. The van der Waals surface area contributed by atoms with Gasteiger partial charge in [0.25, 0.3) is 0 Å². The van der Waals surface area contributed by atoms with Gasteiger partial charge in [0.05, 0.1) is 12.9 Å². The number of thioether (sulfide) groups is 1. The molecule has 0 aliphatic carbocycles. The van der Waals surface area contributed by atoms with E-state index in [1.807, 2.05) is 24.3 Å². The monoisotopic (exact) mass is 358 g/mol. The lowest BCUT2D eigenvalue weighted by molar-refractivity contribution is -0.116. The van der Waals surface area contributed by atoms with Crippen LogP contribution >= 0.6 is 11.8 Å². The fourth-order valence-electron chi connectivity index (χ4n) is 2.51. The zero-order chi connectivity index (χ0) is 17.2. The third kappa shape index (κ3) is 3.07. The lowest BCUT2D eigenvalue weighted by Crippen LogP contribution is -2.28. The van der Waals surface area contributed by atoms with Crippen molar-refractivity contribution in [3.63, 3.8) is 0 Å². The predicted molar refractivity (Wildman–Crippen MR) is 89.1 cm³/mol. The van der Waals surface area contributed by atoms with Crippen molar-refractivity contribution in [3.05, 3.63) is 48.4 Å². The highest BCUT2D eigenvalue weighted by Crippen LogP contribution is 2.41. The number of anilines is 1. The van der Waals surface area contributed by atoms with E-state index < -0.39 is 0 Å². The maximum absolute atomic E-state index is 12.3. The minimum atomic E-state index is -0.207. The molecule has 0 bridgehead atoms. The Morgan fingerprint density at radius 2 is 2.00 bits per heavy atom. The maximum Gasteiger partial charge on any atom is 0.326 e. The SMILES string of the molecule is COc1ccc(C2SCC(=O)N2c2nnc(Cn3cnnc3)o2)cc1. The van der Waals surface area contributed by atoms with E-state index >= 15 is 0 Å². The molecule has 0 spiro atoms. The largest absolute Gasteiger partial charge is 0.497 e. The van der Waals surface area contributed by atoms with Crippen molar-refractivity contribution in [2.45, 2.75) is 11.9 Å². The van der Waals surface area contributed by atoms with Gasteiger partial charge in [0.1, 0.15) is 30.3 Å². The van der Waals surface area contributed by atoms with E-state index in [4.69, 9.17) is 9.15 Å². The number of hydrogen-bond donors (Lipinski definition) is 0. The van der Waals surface area contributed by atoms with Crippen LogP contribution in [0.1, 0.15) is 16.8 Å². The van der Waals surface area contributed by atoms with Crippen molar-refractivity contribution in [3.8, 4) is 5.75 Å². The molecule has 0 N–H and O–H groups in total. The van der Waals surface area contributed by atoms with Crippen molar-refractivity contribution < 1.29 is 13.9 Å². The standard InChI is InChI=1S/C15H14N6O3S/c1-23-11-4-2-10(3-5-11)14-21(13(22)7-25-14)15-19-18-12(24-15)6-20-8-16-17-9-20/h2-5,8-9,14H,6-7H2,1H3. The van der Waals surface area contributed by atoms with Crippen molar-refractivity contribution in [2.24, 2.45) is 0 Å². The molecule has 10 heteroatoms. The molecule has 1 saturated heterocycles. The Hall–Kier alpha value is -2.88. The molecule has 1 amide bonds. The summed E-state index contributed by atoms with van der Waals surface area (Å²) < 4.78 is 12.6. The Labute approximate surface area is 147 Å². The molecule has 1 unspecified atom stereocenters. The van der Waals surface area contributed by atoms with Crippen molar-refractivity contribution >= 4 is 23.7 Å². The lowest BCUT2D eigenvalue weighted by atomic mass is 10.2. The van der Waals surface area contributed by atoms with Crippen LogP contribution in [0.25, 0.3) is 0 Å². The van der Waals surface area contributed by atoms with E-state index in [0.29, 0.717) is 18.2 Å². The zero-order valence-corrected chi connectivity index (χ0v) is 14.1. The fraction of sp³-hybridized carbons (Fsp3) is 0.267. The van der Waals surface area contributed by atoms with Gasteiger partial charge in [-0.25, -0.2) is 4.90 Å². The van der Waals surface area contributed by atoms with Crippen LogP contribution in [0.4, 0.5) is 6.01 Å². The topological polar surface area (TPSA) is 99.2 Å². The first-order valence-electron chi connectivity index (χ1n) is 7.47. The molecule has 1 aromatic carbocycles. The van der Waals surface area contributed by atoms with Gasteiger partial charge in [-0.05, 0) is 17.7 Å². The molecule has 3 heterocycles. The number of carbonyl (C=O) groups is 1. The summed E-state index contributed by atoms with van der Waals surface area (Å²) in [5.41, 5.74) is 0.968. The maximum atomic E-state index is 12.3. The molecule has 1 atom stereocenters. The number of ether oxygens (including phenoxy) is 1. The molecule has 9 nitrogen and oxygen atoms in total. The second-order valence-electron chi connectivity index (χ2n) is 5.31. The summed E-state index contributed by atoms with van der Waals surface area (Å²) in [5, 5.41) is 15.3. The van der Waals surface area contributed by atoms with E-state index in [1.54, 1.807) is 24.3 Å². The minimum Gasteiger partial charge on any atom is -0.497 e. The molecule has 0 radical (unpaired) electrons. The van der Waals surface area contributed by atoms with Gasteiger partial charge in [0.15, 0.2) is 0 Å². The number of carbonyl (C=O) groups excluding carboxylic acids is 1. The van der Waals surface area contributed by atoms with Crippen LogP contribution in [-0.2, 0) is 11.3 Å². The highest BCUT2D eigenvalue weighted by Gasteiger charge is 2.37. The third-order valence-corrected chi connectivity index (χ3v) is 4.93. The average Bonchev–Trinajstić information content (AvgIpc) is 3.37. The van der Waals surface area contributed by atoms with Gasteiger partial charge in [0, 0.05) is 0 Å². The smallest absolute Gasteiger partial charge is 0.326 e. The van der Waals surface area contributed by atoms with Gasteiger partial charge < -0.3 is 13.7 Å². The molecule has 1 aliphatic heterocycles. The Kier molecular flexibility index (Phi) is 4.10. The Bertz CT molecular complexity index is 864. The van der Waals surface area contributed by atoms with Gasteiger partial charge in [0.2, 0.25) is 11.8 Å². The summed E-state index contributed by atoms with van der Waals surface area (Å²) in [6.07, 6.45) is 3.11. The van der Waals surface area contributed by atoms with E-state index in [0.717, 1.165) is 11.3 Å². The molecule has 1 fully saturated rings. The summed E-state index contributed by atoms with van der Waals surface area (Å²) in [4.78, 5) is 13.9.